The lowest BCUT2D eigenvalue weighted by atomic mass is 9.91. The molecule has 0 spiro atoms. The average Bonchev–Trinajstić information content (AvgIpc) is 3.12. The van der Waals surface area contributed by atoms with Gasteiger partial charge in [-0.3, -0.25) is 0 Å². The van der Waals surface area contributed by atoms with Crippen molar-refractivity contribution in [2.24, 2.45) is 5.92 Å². The highest BCUT2D eigenvalue weighted by atomic mass is 19.1. The van der Waals surface area contributed by atoms with E-state index in [9.17, 15) is 9.18 Å². The van der Waals surface area contributed by atoms with Crippen LogP contribution in [-0.2, 0) is 4.74 Å². The van der Waals surface area contributed by atoms with Gasteiger partial charge in [-0.25, -0.2) is 18.7 Å². The number of rotatable bonds is 7. The van der Waals surface area contributed by atoms with Crippen molar-refractivity contribution in [1.82, 2.24) is 19.9 Å². The molecule has 1 aromatic carbocycles. The first-order valence-electron chi connectivity index (χ1n) is 10.9. The van der Waals surface area contributed by atoms with Crippen molar-refractivity contribution in [2.75, 3.05) is 12.3 Å². The van der Waals surface area contributed by atoms with E-state index in [4.69, 9.17) is 15.2 Å². The number of nitrogens with two attached hydrogens (primary N) is 1. The van der Waals surface area contributed by atoms with E-state index in [1.54, 1.807) is 55.7 Å². The number of nitrogens with one attached hydrogen (secondary N) is 1. The van der Waals surface area contributed by atoms with Gasteiger partial charge in [-0.2, -0.15) is 5.10 Å². The fourth-order valence-corrected chi connectivity index (χ4v) is 3.75. The van der Waals surface area contributed by atoms with Crippen LogP contribution in [0.15, 0.2) is 36.5 Å². The molecule has 3 N–H and O–H groups in total. The van der Waals surface area contributed by atoms with Gasteiger partial charge in [0.2, 0.25) is 0 Å². The quantitative estimate of drug-likeness (QED) is 0.527. The van der Waals surface area contributed by atoms with Crippen molar-refractivity contribution in [3.05, 3.63) is 42.3 Å². The lowest BCUT2D eigenvalue weighted by Gasteiger charge is -2.33. The van der Waals surface area contributed by atoms with Gasteiger partial charge < -0.3 is 20.5 Å². The number of carbonyl (C=O) groups excluding carboxylic acids is 1. The number of aromatic nitrogens is 3. The number of amides is 1. The molecule has 3 aromatic rings. The molecule has 0 saturated carbocycles. The summed E-state index contributed by atoms with van der Waals surface area (Å²) in [4.78, 5) is 16.6. The van der Waals surface area contributed by atoms with Crippen LogP contribution in [0.25, 0.3) is 16.9 Å². The maximum atomic E-state index is 15.0. The zero-order valence-electron chi connectivity index (χ0n) is 20.0. The van der Waals surface area contributed by atoms with Crippen molar-refractivity contribution >= 4 is 17.6 Å². The predicted octanol–water partition coefficient (Wildman–Crippen LogP) is 4.83. The lowest BCUT2D eigenvalue weighted by molar-refractivity contribution is 0.0406. The highest BCUT2D eigenvalue weighted by molar-refractivity contribution is 5.69. The Morgan fingerprint density at radius 2 is 1.94 bits per heavy atom. The van der Waals surface area contributed by atoms with Gasteiger partial charge in [-0.15, -0.1) is 0 Å². The molecule has 33 heavy (non-hydrogen) atoms. The number of nitrogens with zero attached hydrogens (tertiary/aromatic N) is 3. The van der Waals surface area contributed by atoms with Crippen LogP contribution in [0, 0.1) is 11.7 Å². The number of alkyl carbamates (subject to hydrolysis) is 1. The highest BCUT2D eigenvalue weighted by Crippen LogP contribution is 2.28. The van der Waals surface area contributed by atoms with Crippen LogP contribution < -0.4 is 15.8 Å². The van der Waals surface area contributed by atoms with Gasteiger partial charge in [0.25, 0.3) is 0 Å². The Balaban J connectivity index is 1.79. The number of anilines is 1. The van der Waals surface area contributed by atoms with E-state index in [0.29, 0.717) is 29.1 Å². The van der Waals surface area contributed by atoms with Crippen molar-refractivity contribution < 1.29 is 18.7 Å². The molecule has 0 aliphatic rings. The Labute approximate surface area is 193 Å². The van der Waals surface area contributed by atoms with Crippen LogP contribution in [0.5, 0.6) is 5.75 Å². The van der Waals surface area contributed by atoms with Gasteiger partial charge in [-0.05, 0) is 58.2 Å². The first kappa shape index (κ1) is 24.3. The molecule has 1 atom stereocenters. The lowest BCUT2D eigenvalue weighted by Crippen LogP contribution is -2.52. The fourth-order valence-electron chi connectivity index (χ4n) is 3.75. The minimum atomic E-state index is -0.748. The Morgan fingerprint density at radius 3 is 2.58 bits per heavy atom. The number of carbonyl (C=O) groups is 1. The van der Waals surface area contributed by atoms with Crippen LogP contribution in [0.2, 0.25) is 0 Å². The van der Waals surface area contributed by atoms with Crippen molar-refractivity contribution in [3.63, 3.8) is 0 Å². The molecule has 0 aliphatic carbocycles. The largest absolute Gasteiger partial charge is 0.488 e. The van der Waals surface area contributed by atoms with Gasteiger partial charge in [0.15, 0.2) is 17.2 Å². The predicted molar refractivity (Wildman–Crippen MR) is 126 cm³/mol. The van der Waals surface area contributed by atoms with Crippen LogP contribution in [0.3, 0.4) is 0 Å². The van der Waals surface area contributed by atoms with Gasteiger partial charge in [-0.1, -0.05) is 13.8 Å². The molecule has 0 radical (unpaired) electrons. The first-order chi connectivity index (χ1) is 15.3. The van der Waals surface area contributed by atoms with E-state index >= 15 is 0 Å². The van der Waals surface area contributed by atoms with E-state index in [2.05, 4.69) is 15.4 Å². The molecular weight excluding hydrogens is 425 g/mol. The summed E-state index contributed by atoms with van der Waals surface area (Å²) in [6.45, 7) is 11.4. The summed E-state index contributed by atoms with van der Waals surface area (Å²) in [5.41, 5.74) is 6.29. The molecule has 0 fully saturated rings. The highest BCUT2D eigenvalue weighted by Gasteiger charge is 2.31. The summed E-state index contributed by atoms with van der Waals surface area (Å²) in [5.74, 6) is 0.136. The van der Waals surface area contributed by atoms with E-state index < -0.39 is 23.1 Å². The number of nitrogen functional groups attached to an aromatic ring is 1. The molecule has 9 heteroatoms. The van der Waals surface area contributed by atoms with Gasteiger partial charge in [0.05, 0.1) is 17.4 Å². The molecule has 178 valence electrons. The number of ether oxygens (including phenoxy) is 2. The van der Waals surface area contributed by atoms with Crippen molar-refractivity contribution in [1.29, 1.82) is 0 Å². The van der Waals surface area contributed by atoms with E-state index in [1.807, 2.05) is 20.8 Å². The third-order valence-electron chi connectivity index (χ3n) is 4.81. The Kier molecular flexibility index (Phi) is 6.81. The summed E-state index contributed by atoms with van der Waals surface area (Å²) < 4.78 is 27.8. The van der Waals surface area contributed by atoms with Crippen LogP contribution >= 0.6 is 0 Å². The van der Waals surface area contributed by atoms with Crippen molar-refractivity contribution in [3.8, 4) is 17.0 Å². The monoisotopic (exact) mass is 457 g/mol. The van der Waals surface area contributed by atoms with E-state index in [-0.39, 0.29) is 18.3 Å². The minimum absolute atomic E-state index is 0.0757. The number of fused-ring (bicyclic) bond motifs is 1. The molecule has 8 nitrogen and oxygen atoms in total. The maximum absolute atomic E-state index is 15.0. The third kappa shape index (κ3) is 6.34. The molecule has 0 saturated heterocycles. The summed E-state index contributed by atoms with van der Waals surface area (Å²) in [6.07, 6.45) is 1.69. The molecule has 2 aromatic heterocycles. The Bertz CT molecular complexity index is 1140. The molecule has 3 rings (SSSR count). The molecular formula is C24H32FN5O3. The molecule has 0 aliphatic heterocycles. The third-order valence-corrected chi connectivity index (χ3v) is 4.81. The SMILES string of the molecule is CC(C)CC(C)(COc1ccc(-c2cc(N)nc3ccnn23)cc1F)NC(=O)OC(C)(C)C. The standard InChI is InChI=1S/C24H32FN5O3/c1-15(2)13-24(6,29-22(31)33-23(3,4)5)14-32-19-8-7-16(11-17(19)25)18-12-20(26)28-21-9-10-27-30(18)21/h7-12,15H,13-14H2,1-6H3,(H2,26,28)(H,29,31). The van der Waals surface area contributed by atoms with E-state index in [1.165, 1.54) is 6.07 Å². The summed E-state index contributed by atoms with van der Waals surface area (Å²) in [5, 5.41) is 7.12. The second kappa shape index (κ2) is 9.25. The maximum Gasteiger partial charge on any atom is 0.408 e. The molecule has 1 unspecified atom stereocenters. The van der Waals surface area contributed by atoms with Crippen LogP contribution in [0.1, 0.15) is 48.0 Å². The van der Waals surface area contributed by atoms with Crippen LogP contribution in [-0.4, -0.2) is 38.4 Å². The first-order valence-corrected chi connectivity index (χ1v) is 10.9. The number of halogens is 1. The van der Waals surface area contributed by atoms with Gasteiger partial charge in [0.1, 0.15) is 18.0 Å². The topological polar surface area (TPSA) is 104 Å². The summed E-state index contributed by atoms with van der Waals surface area (Å²) >= 11 is 0. The smallest absolute Gasteiger partial charge is 0.408 e. The number of hydrogen-bond donors (Lipinski definition) is 2. The number of hydrogen-bond acceptors (Lipinski definition) is 6. The Hall–Kier alpha value is -3.36. The zero-order valence-corrected chi connectivity index (χ0v) is 20.0. The normalized spacial score (nSPS) is 13.7. The van der Waals surface area contributed by atoms with Crippen LogP contribution in [0.4, 0.5) is 15.0 Å². The Morgan fingerprint density at radius 1 is 1.21 bits per heavy atom. The van der Waals surface area contributed by atoms with Gasteiger partial charge >= 0.3 is 6.09 Å². The zero-order chi connectivity index (χ0) is 24.4. The molecule has 1 amide bonds. The molecule has 0 bridgehead atoms. The summed E-state index contributed by atoms with van der Waals surface area (Å²) in [7, 11) is 0. The van der Waals surface area contributed by atoms with Gasteiger partial charge in [0, 0.05) is 17.7 Å². The number of benzene rings is 1. The minimum Gasteiger partial charge on any atom is -0.488 e. The molecule has 2 heterocycles. The second-order valence-electron chi connectivity index (χ2n) is 9.89. The summed E-state index contributed by atoms with van der Waals surface area (Å²) in [6, 6.07) is 8.02. The second-order valence-corrected chi connectivity index (χ2v) is 9.89. The average molecular weight is 458 g/mol. The van der Waals surface area contributed by atoms with Crippen molar-refractivity contribution in [2.45, 2.75) is 59.1 Å². The van der Waals surface area contributed by atoms with E-state index in [0.717, 1.165) is 0 Å². The fraction of sp³-hybridized carbons (Fsp3) is 0.458.